The molecule has 0 saturated heterocycles. The summed E-state index contributed by atoms with van der Waals surface area (Å²) in [5.74, 6) is -2.85. The lowest BCUT2D eigenvalue weighted by Gasteiger charge is -2.22. The van der Waals surface area contributed by atoms with E-state index in [1.54, 1.807) is 44.4 Å². The lowest BCUT2D eigenvalue weighted by atomic mass is 10.1. The first-order valence-corrected chi connectivity index (χ1v) is 7.40. The normalized spacial score (nSPS) is 11.0. The molecule has 0 fully saturated rings. The van der Waals surface area contributed by atoms with Gasteiger partial charge in [0, 0.05) is 14.1 Å². The number of carbonyl (C=O) groups excluding carboxylic acids is 5. The monoisotopic (exact) mass is 348 g/mol. The number of hydrogen-bond acceptors (Lipinski definition) is 5. The summed E-state index contributed by atoms with van der Waals surface area (Å²) in [4.78, 5) is 58.5. The van der Waals surface area contributed by atoms with Crippen molar-refractivity contribution in [2.45, 2.75) is 6.04 Å². The Morgan fingerprint density at radius 1 is 1.08 bits per heavy atom. The van der Waals surface area contributed by atoms with Gasteiger partial charge in [0.05, 0.1) is 13.1 Å². The van der Waals surface area contributed by atoms with Crippen LogP contribution < -0.4 is 16.0 Å². The van der Waals surface area contributed by atoms with E-state index in [1.165, 1.54) is 4.90 Å². The molecule has 9 nitrogen and oxygen atoms in total. The zero-order valence-electron chi connectivity index (χ0n) is 13.9. The van der Waals surface area contributed by atoms with Gasteiger partial charge in [-0.2, -0.15) is 0 Å². The Labute approximate surface area is 144 Å². The molecule has 0 heterocycles. The van der Waals surface area contributed by atoms with E-state index in [4.69, 9.17) is 0 Å². The van der Waals surface area contributed by atoms with Crippen molar-refractivity contribution < 1.29 is 24.0 Å². The molecule has 0 saturated carbocycles. The van der Waals surface area contributed by atoms with Crippen LogP contribution in [0.3, 0.4) is 0 Å². The summed E-state index contributed by atoms with van der Waals surface area (Å²) in [6, 6.07) is 7.73. The molecule has 1 aromatic carbocycles. The van der Waals surface area contributed by atoms with Crippen molar-refractivity contribution in [3.8, 4) is 0 Å². The Morgan fingerprint density at radius 2 is 1.72 bits per heavy atom. The minimum absolute atomic E-state index is 0.287. The van der Waals surface area contributed by atoms with Gasteiger partial charge in [0.1, 0.15) is 6.04 Å². The van der Waals surface area contributed by atoms with Crippen LogP contribution in [0.15, 0.2) is 30.3 Å². The van der Waals surface area contributed by atoms with Crippen LogP contribution in [0.4, 0.5) is 0 Å². The van der Waals surface area contributed by atoms with Gasteiger partial charge < -0.3 is 20.9 Å². The van der Waals surface area contributed by atoms with Gasteiger partial charge in [0.2, 0.25) is 24.0 Å². The number of Topliss-reactive ketones (excluding diaryl/α,β-unsaturated/α-hetero) is 1. The third-order valence-corrected chi connectivity index (χ3v) is 3.13. The Balaban J connectivity index is 2.67. The lowest BCUT2D eigenvalue weighted by molar-refractivity contribution is -0.138. The van der Waals surface area contributed by atoms with Crippen LogP contribution in [0.2, 0.25) is 0 Å². The topological polar surface area (TPSA) is 125 Å². The summed E-state index contributed by atoms with van der Waals surface area (Å²) in [6.07, 6.45) is 0.287. The molecule has 25 heavy (non-hydrogen) atoms. The fraction of sp³-hybridized carbons (Fsp3) is 0.312. The Bertz CT molecular complexity index is 645. The smallest absolute Gasteiger partial charge is 0.289 e. The second-order valence-electron chi connectivity index (χ2n) is 5.25. The molecule has 4 amide bonds. The number of hydrogen-bond donors (Lipinski definition) is 3. The van der Waals surface area contributed by atoms with Crippen molar-refractivity contribution >= 4 is 29.9 Å². The van der Waals surface area contributed by atoms with Crippen molar-refractivity contribution in [1.29, 1.82) is 0 Å². The fourth-order valence-electron chi connectivity index (χ4n) is 1.88. The van der Waals surface area contributed by atoms with Gasteiger partial charge >= 0.3 is 0 Å². The molecular weight excluding hydrogens is 328 g/mol. The fourth-order valence-corrected chi connectivity index (χ4v) is 1.88. The van der Waals surface area contributed by atoms with E-state index >= 15 is 0 Å². The Kier molecular flexibility index (Phi) is 7.77. The number of nitrogens with zero attached hydrogens (tertiary/aromatic N) is 1. The highest BCUT2D eigenvalue weighted by molar-refractivity contribution is 6.37. The van der Waals surface area contributed by atoms with Crippen LogP contribution >= 0.6 is 0 Å². The largest absolute Gasteiger partial charge is 0.351 e. The SMILES string of the molecule is CN(C)C(=O)C(NC(=O)CNC(=O)C(=O)CNC=O)c1ccccc1. The maximum absolute atomic E-state index is 12.3. The predicted molar refractivity (Wildman–Crippen MR) is 88.1 cm³/mol. The number of nitrogens with one attached hydrogen (secondary N) is 3. The molecule has 0 aliphatic heterocycles. The minimum Gasteiger partial charge on any atom is -0.351 e. The Morgan fingerprint density at radius 3 is 2.28 bits per heavy atom. The predicted octanol–water partition coefficient (Wildman–Crippen LogP) is -1.64. The number of rotatable bonds is 9. The molecule has 3 N–H and O–H groups in total. The average Bonchev–Trinajstić information content (AvgIpc) is 2.62. The number of amides is 4. The van der Waals surface area contributed by atoms with Gasteiger partial charge in [0.25, 0.3) is 5.91 Å². The van der Waals surface area contributed by atoms with E-state index in [0.29, 0.717) is 5.56 Å². The standard InChI is InChI=1S/C16H20N4O5/c1-20(2)16(25)14(11-6-4-3-5-7-11)19-13(23)9-18-15(24)12(22)8-17-10-21/h3-7,10,14H,8-9H2,1-2H3,(H,17,21)(H,18,24)(H,19,23). The van der Waals surface area contributed by atoms with E-state index in [0.717, 1.165) is 0 Å². The number of carbonyl (C=O) groups is 5. The number of likely N-dealkylation sites (N-methyl/N-ethyl adjacent to an activating group) is 1. The van der Waals surface area contributed by atoms with Crippen LogP contribution in [-0.4, -0.2) is 62.0 Å². The molecule has 0 aliphatic carbocycles. The van der Waals surface area contributed by atoms with Crippen LogP contribution in [0.1, 0.15) is 11.6 Å². The van der Waals surface area contributed by atoms with Gasteiger partial charge in [-0.05, 0) is 5.56 Å². The van der Waals surface area contributed by atoms with Crippen molar-refractivity contribution in [2.75, 3.05) is 27.2 Å². The van der Waals surface area contributed by atoms with E-state index < -0.39 is 36.7 Å². The van der Waals surface area contributed by atoms with Crippen LogP contribution in [0.5, 0.6) is 0 Å². The van der Waals surface area contributed by atoms with E-state index in [1.807, 2.05) is 0 Å². The molecule has 1 rings (SSSR count). The van der Waals surface area contributed by atoms with Gasteiger partial charge in [-0.25, -0.2) is 0 Å². The highest BCUT2D eigenvalue weighted by atomic mass is 16.2. The van der Waals surface area contributed by atoms with Crippen molar-refractivity contribution in [3.63, 3.8) is 0 Å². The Hall–Kier alpha value is -3.23. The highest BCUT2D eigenvalue weighted by Gasteiger charge is 2.24. The number of benzene rings is 1. The van der Waals surface area contributed by atoms with Gasteiger partial charge in [-0.3, -0.25) is 24.0 Å². The molecular formula is C16H20N4O5. The summed E-state index contributed by atoms with van der Waals surface area (Å²) < 4.78 is 0. The second kappa shape index (κ2) is 9.81. The van der Waals surface area contributed by atoms with Crippen molar-refractivity contribution in [3.05, 3.63) is 35.9 Å². The summed E-state index contributed by atoms with van der Waals surface area (Å²) in [5.41, 5.74) is 0.590. The summed E-state index contributed by atoms with van der Waals surface area (Å²) in [6.45, 7) is -0.932. The minimum atomic E-state index is -1.00. The van der Waals surface area contributed by atoms with Crippen LogP contribution in [0.25, 0.3) is 0 Å². The van der Waals surface area contributed by atoms with Crippen LogP contribution in [0, 0.1) is 0 Å². The molecule has 0 aliphatic rings. The lowest BCUT2D eigenvalue weighted by Crippen LogP contribution is -2.46. The quantitative estimate of drug-likeness (QED) is 0.365. The summed E-state index contributed by atoms with van der Waals surface area (Å²) in [7, 11) is 3.12. The number of ketones is 1. The molecule has 0 aromatic heterocycles. The maximum atomic E-state index is 12.3. The van der Waals surface area contributed by atoms with E-state index in [9.17, 15) is 24.0 Å². The van der Waals surface area contributed by atoms with Crippen molar-refractivity contribution in [1.82, 2.24) is 20.9 Å². The molecule has 1 unspecified atom stereocenters. The third-order valence-electron chi connectivity index (χ3n) is 3.13. The van der Waals surface area contributed by atoms with E-state index in [-0.39, 0.29) is 12.3 Å². The highest BCUT2D eigenvalue weighted by Crippen LogP contribution is 2.14. The zero-order valence-corrected chi connectivity index (χ0v) is 13.9. The molecule has 0 bridgehead atoms. The summed E-state index contributed by atoms with van der Waals surface area (Å²) in [5, 5.41) is 6.71. The maximum Gasteiger partial charge on any atom is 0.289 e. The molecule has 1 atom stereocenters. The van der Waals surface area contributed by atoms with Gasteiger partial charge in [-0.15, -0.1) is 0 Å². The van der Waals surface area contributed by atoms with Gasteiger partial charge in [-0.1, -0.05) is 30.3 Å². The average molecular weight is 348 g/mol. The first-order chi connectivity index (χ1) is 11.9. The second-order valence-corrected chi connectivity index (χ2v) is 5.25. The molecule has 134 valence electrons. The van der Waals surface area contributed by atoms with Crippen LogP contribution in [-0.2, 0) is 24.0 Å². The molecule has 0 spiro atoms. The third kappa shape index (κ3) is 6.42. The van der Waals surface area contributed by atoms with Gasteiger partial charge in [0.15, 0.2) is 0 Å². The summed E-state index contributed by atoms with van der Waals surface area (Å²) >= 11 is 0. The molecule has 1 aromatic rings. The molecule has 9 heteroatoms. The zero-order chi connectivity index (χ0) is 18.8. The van der Waals surface area contributed by atoms with Crippen molar-refractivity contribution in [2.24, 2.45) is 0 Å². The van der Waals surface area contributed by atoms with E-state index in [2.05, 4.69) is 16.0 Å². The first-order valence-electron chi connectivity index (χ1n) is 7.40. The first kappa shape index (κ1) is 19.8. The molecule has 0 radical (unpaired) electrons.